The van der Waals surface area contributed by atoms with Gasteiger partial charge in [0.15, 0.2) is 0 Å². The van der Waals surface area contributed by atoms with Crippen LogP contribution < -0.4 is 21.7 Å². The molecule has 4 amide bonds. The molecule has 0 bridgehead atoms. The Morgan fingerprint density at radius 2 is 1.41 bits per heavy atom. The van der Waals surface area contributed by atoms with Crippen molar-refractivity contribution in [3.05, 3.63) is 71.8 Å². The van der Waals surface area contributed by atoms with Crippen molar-refractivity contribution in [3.8, 4) is 0 Å². The second kappa shape index (κ2) is 11.1. The SMILES string of the molecule is NC(=O)[C@@H](NC(=O)CNC(=O)CNC(=O)OCc1ccccc1)c1ccccc1. The first-order valence-electron chi connectivity index (χ1n) is 8.80. The van der Waals surface area contributed by atoms with Crippen LogP contribution in [-0.2, 0) is 25.7 Å². The maximum atomic E-state index is 12.0. The summed E-state index contributed by atoms with van der Waals surface area (Å²) in [6.45, 7) is -0.667. The average molecular weight is 398 g/mol. The number of nitrogens with two attached hydrogens (primary N) is 1. The van der Waals surface area contributed by atoms with Gasteiger partial charge in [0.05, 0.1) is 6.54 Å². The van der Waals surface area contributed by atoms with Crippen molar-refractivity contribution in [2.24, 2.45) is 5.73 Å². The third-order valence-electron chi connectivity index (χ3n) is 3.77. The molecule has 0 saturated heterocycles. The van der Waals surface area contributed by atoms with Crippen molar-refractivity contribution >= 4 is 23.8 Å². The Labute approximate surface area is 167 Å². The van der Waals surface area contributed by atoms with Gasteiger partial charge in [-0.15, -0.1) is 0 Å². The van der Waals surface area contributed by atoms with E-state index in [9.17, 15) is 19.2 Å². The van der Waals surface area contributed by atoms with Crippen LogP contribution in [0, 0.1) is 0 Å². The van der Waals surface area contributed by atoms with E-state index in [0.29, 0.717) is 5.56 Å². The highest BCUT2D eigenvalue weighted by Gasteiger charge is 2.20. The van der Waals surface area contributed by atoms with Gasteiger partial charge in [-0.1, -0.05) is 60.7 Å². The molecule has 0 saturated carbocycles. The van der Waals surface area contributed by atoms with Crippen LogP contribution in [0.4, 0.5) is 4.79 Å². The number of rotatable bonds is 9. The molecule has 2 aromatic carbocycles. The van der Waals surface area contributed by atoms with Gasteiger partial charge in [-0.3, -0.25) is 14.4 Å². The van der Waals surface area contributed by atoms with E-state index in [1.807, 2.05) is 18.2 Å². The van der Waals surface area contributed by atoms with E-state index in [2.05, 4.69) is 16.0 Å². The number of hydrogen-bond acceptors (Lipinski definition) is 5. The topological polar surface area (TPSA) is 140 Å². The van der Waals surface area contributed by atoms with Crippen LogP contribution in [-0.4, -0.2) is 36.9 Å². The number of alkyl carbamates (subject to hydrolysis) is 1. The van der Waals surface area contributed by atoms with E-state index >= 15 is 0 Å². The van der Waals surface area contributed by atoms with Crippen LogP contribution in [0.2, 0.25) is 0 Å². The van der Waals surface area contributed by atoms with Crippen molar-refractivity contribution in [1.82, 2.24) is 16.0 Å². The van der Waals surface area contributed by atoms with Gasteiger partial charge < -0.3 is 26.4 Å². The minimum absolute atomic E-state index is 0.0741. The number of hydrogen-bond donors (Lipinski definition) is 4. The molecule has 9 heteroatoms. The minimum Gasteiger partial charge on any atom is -0.445 e. The third kappa shape index (κ3) is 7.71. The maximum Gasteiger partial charge on any atom is 0.407 e. The van der Waals surface area contributed by atoms with Gasteiger partial charge in [0, 0.05) is 0 Å². The van der Waals surface area contributed by atoms with E-state index in [4.69, 9.17) is 10.5 Å². The highest BCUT2D eigenvalue weighted by molar-refractivity contribution is 5.90. The van der Waals surface area contributed by atoms with E-state index < -0.39 is 29.9 Å². The summed E-state index contributed by atoms with van der Waals surface area (Å²) in [5.41, 5.74) is 6.66. The number of primary amides is 1. The summed E-state index contributed by atoms with van der Waals surface area (Å²) in [5, 5.41) is 7.07. The number of ether oxygens (including phenoxy) is 1. The van der Waals surface area contributed by atoms with Gasteiger partial charge >= 0.3 is 6.09 Å². The molecule has 0 aliphatic rings. The van der Waals surface area contributed by atoms with Crippen LogP contribution in [0.5, 0.6) is 0 Å². The van der Waals surface area contributed by atoms with Crippen molar-refractivity contribution in [2.75, 3.05) is 13.1 Å². The zero-order valence-electron chi connectivity index (χ0n) is 15.6. The summed E-state index contributed by atoms with van der Waals surface area (Å²) in [5.74, 6) is -1.91. The Kier molecular flexibility index (Phi) is 8.18. The first-order valence-corrected chi connectivity index (χ1v) is 8.80. The number of carbonyl (C=O) groups is 4. The lowest BCUT2D eigenvalue weighted by atomic mass is 10.1. The molecule has 2 aromatic rings. The van der Waals surface area contributed by atoms with Crippen molar-refractivity contribution in [1.29, 1.82) is 0 Å². The highest BCUT2D eigenvalue weighted by Crippen LogP contribution is 2.11. The molecule has 2 rings (SSSR count). The van der Waals surface area contributed by atoms with Gasteiger partial charge in [0.2, 0.25) is 17.7 Å². The summed E-state index contributed by atoms with van der Waals surface area (Å²) in [7, 11) is 0. The summed E-state index contributed by atoms with van der Waals surface area (Å²) < 4.78 is 4.97. The summed E-state index contributed by atoms with van der Waals surface area (Å²) in [6, 6.07) is 16.6. The molecule has 152 valence electrons. The molecule has 0 fully saturated rings. The largest absolute Gasteiger partial charge is 0.445 e. The van der Waals surface area contributed by atoms with Gasteiger partial charge in [-0.25, -0.2) is 4.79 Å². The average Bonchev–Trinajstić information content (AvgIpc) is 2.74. The standard InChI is InChI=1S/C20H22N4O5/c21-19(27)18(15-9-5-2-6-10-15)24-17(26)12-22-16(25)11-23-20(28)29-13-14-7-3-1-4-8-14/h1-10,18H,11-13H2,(H2,21,27)(H,22,25)(H,23,28)(H,24,26)/t18-/m0/s1. The predicted octanol–water partition coefficient (Wildman–Crippen LogP) is 0.372. The monoisotopic (exact) mass is 398 g/mol. The first-order chi connectivity index (χ1) is 14.0. The van der Waals surface area contributed by atoms with Crippen molar-refractivity contribution < 1.29 is 23.9 Å². The van der Waals surface area contributed by atoms with Gasteiger partial charge in [0.1, 0.15) is 19.2 Å². The maximum absolute atomic E-state index is 12.0. The molecule has 0 unspecified atom stereocenters. The van der Waals surface area contributed by atoms with Crippen molar-refractivity contribution in [3.63, 3.8) is 0 Å². The van der Waals surface area contributed by atoms with Crippen LogP contribution >= 0.6 is 0 Å². The fourth-order valence-corrected chi connectivity index (χ4v) is 2.34. The second-order valence-electron chi connectivity index (χ2n) is 6.01. The number of amides is 4. The fraction of sp³-hybridized carbons (Fsp3) is 0.200. The van der Waals surface area contributed by atoms with Crippen LogP contribution in [0.1, 0.15) is 17.2 Å². The smallest absolute Gasteiger partial charge is 0.407 e. The molecular weight excluding hydrogens is 376 g/mol. The summed E-state index contributed by atoms with van der Waals surface area (Å²) >= 11 is 0. The first kappa shape index (κ1) is 21.4. The molecule has 29 heavy (non-hydrogen) atoms. The van der Waals surface area contributed by atoms with E-state index in [-0.39, 0.29) is 19.7 Å². The number of benzene rings is 2. The van der Waals surface area contributed by atoms with E-state index in [1.165, 1.54) is 0 Å². The van der Waals surface area contributed by atoms with Crippen LogP contribution in [0.15, 0.2) is 60.7 Å². The zero-order chi connectivity index (χ0) is 21.1. The van der Waals surface area contributed by atoms with E-state index in [0.717, 1.165) is 5.56 Å². The molecular formula is C20H22N4O5. The highest BCUT2D eigenvalue weighted by atomic mass is 16.5. The Balaban J connectivity index is 1.69. The molecule has 1 atom stereocenters. The molecule has 0 spiro atoms. The molecule has 0 aliphatic heterocycles. The molecule has 0 radical (unpaired) electrons. The predicted molar refractivity (Wildman–Crippen MR) is 104 cm³/mol. The normalized spacial score (nSPS) is 11.0. The van der Waals surface area contributed by atoms with E-state index in [1.54, 1.807) is 42.5 Å². The lowest BCUT2D eigenvalue weighted by Gasteiger charge is -2.16. The Hall–Kier alpha value is -3.88. The lowest BCUT2D eigenvalue weighted by Crippen LogP contribution is -2.45. The number of carbonyl (C=O) groups excluding carboxylic acids is 4. The van der Waals surface area contributed by atoms with Crippen LogP contribution in [0.3, 0.4) is 0 Å². The number of nitrogens with one attached hydrogen (secondary N) is 3. The quantitative estimate of drug-likeness (QED) is 0.483. The second-order valence-corrected chi connectivity index (χ2v) is 6.01. The lowest BCUT2D eigenvalue weighted by molar-refractivity contribution is -0.128. The third-order valence-corrected chi connectivity index (χ3v) is 3.77. The van der Waals surface area contributed by atoms with Gasteiger partial charge in [0.25, 0.3) is 0 Å². The summed E-state index contributed by atoms with van der Waals surface area (Å²) in [4.78, 5) is 46.9. The Morgan fingerprint density at radius 3 is 2.03 bits per heavy atom. The van der Waals surface area contributed by atoms with Crippen molar-refractivity contribution in [2.45, 2.75) is 12.6 Å². The zero-order valence-corrected chi connectivity index (χ0v) is 15.6. The summed E-state index contributed by atoms with van der Waals surface area (Å²) in [6.07, 6.45) is -0.758. The molecule has 5 N–H and O–H groups in total. The molecule has 0 aliphatic carbocycles. The molecule has 0 aromatic heterocycles. The van der Waals surface area contributed by atoms with Gasteiger partial charge in [-0.05, 0) is 11.1 Å². The minimum atomic E-state index is -1.01. The molecule has 9 nitrogen and oxygen atoms in total. The molecule has 0 heterocycles. The van der Waals surface area contributed by atoms with Crippen LogP contribution in [0.25, 0.3) is 0 Å². The van der Waals surface area contributed by atoms with Gasteiger partial charge in [-0.2, -0.15) is 0 Å². The Bertz CT molecular complexity index is 842. The fourth-order valence-electron chi connectivity index (χ4n) is 2.34. The Morgan fingerprint density at radius 1 is 0.828 bits per heavy atom.